The lowest BCUT2D eigenvalue weighted by Gasteiger charge is -2.41. The van der Waals surface area contributed by atoms with Gasteiger partial charge >= 0.3 is 0 Å². The van der Waals surface area contributed by atoms with E-state index in [9.17, 15) is 9.59 Å². The van der Waals surface area contributed by atoms with Gasteiger partial charge in [-0.3, -0.25) is 19.8 Å². The molecule has 176 valence electrons. The molecular weight excluding hydrogens is 462 g/mol. The number of piperidine rings is 1. The SMILES string of the molecule is O=C1NC(=O)C(c2c[nH]c3ccsc23)=C1c1nc(C2CCN3CCOCC3C2)nc2ccccc12. The van der Waals surface area contributed by atoms with Crippen LogP contribution in [-0.2, 0) is 14.3 Å². The molecule has 7 rings (SSSR count). The summed E-state index contributed by atoms with van der Waals surface area (Å²) in [5.41, 5.74) is 3.67. The van der Waals surface area contributed by atoms with Gasteiger partial charge in [0.05, 0.1) is 45.8 Å². The van der Waals surface area contributed by atoms with Gasteiger partial charge in [-0.05, 0) is 36.9 Å². The number of benzene rings is 1. The maximum absolute atomic E-state index is 13.2. The molecule has 8 nitrogen and oxygen atoms in total. The zero-order valence-corrected chi connectivity index (χ0v) is 19.7. The maximum Gasteiger partial charge on any atom is 0.261 e. The van der Waals surface area contributed by atoms with Crippen LogP contribution >= 0.6 is 11.3 Å². The van der Waals surface area contributed by atoms with Crippen LogP contribution in [0.25, 0.3) is 32.3 Å². The molecule has 2 saturated heterocycles. The number of thiophene rings is 1. The summed E-state index contributed by atoms with van der Waals surface area (Å²) < 4.78 is 6.68. The highest BCUT2D eigenvalue weighted by atomic mass is 32.1. The molecule has 1 aromatic carbocycles. The highest BCUT2D eigenvalue weighted by Crippen LogP contribution is 2.39. The van der Waals surface area contributed by atoms with Crippen molar-refractivity contribution in [3.63, 3.8) is 0 Å². The predicted octanol–water partition coefficient (Wildman–Crippen LogP) is 3.32. The molecule has 3 aliphatic heterocycles. The van der Waals surface area contributed by atoms with Crippen molar-refractivity contribution in [3.8, 4) is 0 Å². The van der Waals surface area contributed by atoms with Gasteiger partial charge < -0.3 is 9.72 Å². The van der Waals surface area contributed by atoms with Gasteiger partial charge in [0.2, 0.25) is 0 Å². The lowest BCUT2D eigenvalue weighted by atomic mass is 9.89. The number of hydrogen-bond donors (Lipinski definition) is 2. The van der Waals surface area contributed by atoms with E-state index in [1.165, 1.54) is 0 Å². The minimum absolute atomic E-state index is 0.168. The third-order valence-corrected chi connectivity index (χ3v) is 8.32. The normalized spacial score (nSPS) is 23.3. The molecular formula is C26H23N5O3S. The van der Waals surface area contributed by atoms with E-state index in [0.29, 0.717) is 22.9 Å². The first-order valence-electron chi connectivity index (χ1n) is 11.9. The summed E-state index contributed by atoms with van der Waals surface area (Å²) in [7, 11) is 0. The largest absolute Gasteiger partial charge is 0.378 e. The van der Waals surface area contributed by atoms with Crippen LogP contribution in [0.15, 0.2) is 41.9 Å². The fourth-order valence-electron chi connectivity index (χ4n) is 5.64. The molecule has 2 N–H and O–H groups in total. The predicted molar refractivity (Wildman–Crippen MR) is 134 cm³/mol. The van der Waals surface area contributed by atoms with Crippen molar-refractivity contribution in [2.24, 2.45) is 0 Å². The number of imide groups is 1. The van der Waals surface area contributed by atoms with Crippen LogP contribution in [0, 0.1) is 0 Å². The van der Waals surface area contributed by atoms with Gasteiger partial charge in [-0.15, -0.1) is 11.3 Å². The van der Waals surface area contributed by atoms with E-state index in [-0.39, 0.29) is 5.92 Å². The number of morpholine rings is 1. The van der Waals surface area contributed by atoms with Gasteiger partial charge in [-0.2, -0.15) is 0 Å². The number of amides is 2. The average Bonchev–Trinajstić information content (AvgIpc) is 3.58. The zero-order chi connectivity index (χ0) is 23.5. The van der Waals surface area contributed by atoms with Gasteiger partial charge in [0.1, 0.15) is 5.82 Å². The molecule has 2 amide bonds. The maximum atomic E-state index is 13.2. The average molecular weight is 486 g/mol. The molecule has 6 heterocycles. The van der Waals surface area contributed by atoms with Gasteiger partial charge in [0, 0.05) is 35.7 Å². The van der Waals surface area contributed by atoms with Crippen molar-refractivity contribution in [2.45, 2.75) is 24.8 Å². The quantitative estimate of drug-likeness (QED) is 0.432. The second-order valence-corrected chi connectivity index (χ2v) is 10.2. The monoisotopic (exact) mass is 485 g/mol. The number of nitrogens with zero attached hydrogens (tertiary/aromatic N) is 3. The van der Waals surface area contributed by atoms with E-state index in [0.717, 1.165) is 71.7 Å². The van der Waals surface area contributed by atoms with Crippen LogP contribution < -0.4 is 5.32 Å². The second kappa shape index (κ2) is 8.08. The van der Waals surface area contributed by atoms with E-state index < -0.39 is 11.8 Å². The number of carbonyl (C=O) groups is 2. The molecule has 3 aliphatic rings. The lowest BCUT2D eigenvalue weighted by molar-refractivity contribution is -0.122. The van der Waals surface area contributed by atoms with E-state index in [2.05, 4.69) is 15.2 Å². The minimum Gasteiger partial charge on any atom is -0.378 e. The first kappa shape index (κ1) is 20.9. The fourth-order valence-corrected chi connectivity index (χ4v) is 6.52. The van der Waals surface area contributed by atoms with Crippen LogP contribution in [0.3, 0.4) is 0 Å². The van der Waals surface area contributed by atoms with E-state index in [1.54, 1.807) is 17.5 Å². The van der Waals surface area contributed by atoms with Gasteiger partial charge in [0.25, 0.3) is 11.8 Å². The van der Waals surface area contributed by atoms with Crippen molar-refractivity contribution in [1.82, 2.24) is 25.2 Å². The van der Waals surface area contributed by atoms with Crippen LogP contribution in [0.1, 0.15) is 35.8 Å². The van der Waals surface area contributed by atoms with Gasteiger partial charge in [-0.1, -0.05) is 18.2 Å². The van der Waals surface area contributed by atoms with Crippen molar-refractivity contribution >= 4 is 55.4 Å². The van der Waals surface area contributed by atoms with E-state index in [1.807, 2.05) is 35.7 Å². The Morgan fingerprint density at radius 3 is 2.89 bits per heavy atom. The Bertz CT molecular complexity index is 1540. The molecule has 2 atom stereocenters. The summed E-state index contributed by atoms with van der Waals surface area (Å²) in [4.78, 5) is 41.9. The molecule has 0 spiro atoms. The van der Waals surface area contributed by atoms with Crippen molar-refractivity contribution < 1.29 is 14.3 Å². The van der Waals surface area contributed by atoms with Crippen molar-refractivity contribution in [3.05, 3.63) is 59.0 Å². The molecule has 0 aliphatic carbocycles. The number of H-pyrrole nitrogens is 1. The standard InChI is InChI=1S/C26H23N5O3S/c32-25-20(17-12-27-19-6-10-35-23(17)19)21(26(33)30-25)22-16-3-1-2-4-18(16)28-24(29-22)14-5-7-31-8-9-34-13-15(31)11-14/h1-4,6,10,12,14-15,27H,5,7-9,11,13H2,(H,30,32,33). The van der Waals surface area contributed by atoms with E-state index in [4.69, 9.17) is 14.7 Å². The Morgan fingerprint density at radius 1 is 1.06 bits per heavy atom. The third-order valence-electron chi connectivity index (χ3n) is 7.38. The molecule has 35 heavy (non-hydrogen) atoms. The van der Waals surface area contributed by atoms with Crippen LogP contribution in [0.2, 0.25) is 0 Å². The Hall–Kier alpha value is -3.40. The number of carbonyl (C=O) groups excluding carboxylic acids is 2. The number of nitrogens with one attached hydrogen (secondary N) is 2. The fraction of sp³-hybridized carbons (Fsp3) is 0.308. The highest BCUT2D eigenvalue weighted by molar-refractivity contribution is 7.17. The molecule has 4 aromatic rings. The third kappa shape index (κ3) is 3.34. The van der Waals surface area contributed by atoms with E-state index >= 15 is 0 Å². The molecule has 0 radical (unpaired) electrons. The molecule has 3 aromatic heterocycles. The number of ether oxygens (including phenoxy) is 1. The lowest BCUT2D eigenvalue weighted by Crippen LogP contribution is -2.49. The number of fused-ring (bicyclic) bond motifs is 3. The first-order chi connectivity index (χ1) is 17.2. The van der Waals surface area contributed by atoms with Crippen LogP contribution in [0.4, 0.5) is 0 Å². The van der Waals surface area contributed by atoms with Crippen molar-refractivity contribution in [2.75, 3.05) is 26.3 Å². The number of para-hydroxylation sites is 1. The summed E-state index contributed by atoms with van der Waals surface area (Å²) in [6.07, 6.45) is 3.68. The second-order valence-electron chi connectivity index (χ2n) is 9.33. The highest BCUT2D eigenvalue weighted by Gasteiger charge is 2.37. The molecule has 0 saturated carbocycles. The number of aromatic amines is 1. The molecule has 2 fully saturated rings. The Labute approximate surface area is 205 Å². The summed E-state index contributed by atoms with van der Waals surface area (Å²) in [5, 5.41) is 5.26. The minimum atomic E-state index is -0.416. The number of hydrogen-bond acceptors (Lipinski definition) is 7. The summed E-state index contributed by atoms with van der Waals surface area (Å²) in [5.74, 6) is 0.0949. The Morgan fingerprint density at radius 2 is 1.94 bits per heavy atom. The molecule has 0 bridgehead atoms. The van der Waals surface area contributed by atoms with Gasteiger partial charge in [0.15, 0.2) is 0 Å². The Kier molecular flexibility index (Phi) is 4.83. The van der Waals surface area contributed by atoms with Gasteiger partial charge in [-0.25, -0.2) is 9.97 Å². The number of rotatable bonds is 3. The zero-order valence-electron chi connectivity index (χ0n) is 18.9. The van der Waals surface area contributed by atoms with Crippen LogP contribution in [-0.4, -0.2) is 64.0 Å². The first-order valence-corrected chi connectivity index (χ1v) is 12.8. The smallest absolute Gasteiger partial charge is 0.261 e. The summed E-state index contributed by atoms with van der Waals surface area (Å²) >= 11 is 1.54. The van der Waals surface area contributed by atoms with Crippen molar-refractivity contribution in [1.29, 1.82) is 0 Å². The summed E-state index contributed by atoms with van der Waals surface area (Å²) in [6.45, 7) is 3.46. The molecule has 2 unspecified atom stereocenters. The summed E-state index contributed by atoms with van der Waals surface area (Å²) in [6, 6.07) is 10.1. The Balaban J connectivity index is 1.41. The molecule has 9 heteroatoms. The topological polar surface area (TPSA) is 100 Å². The van der Waals surface area contributed by atoms with Crippen LogP contribution in [0.5, 0.6) is 0 Å². The number of aromatic nitrogens is 3.